The van der Waals surface area contributed by atoms with Crippen LogP contribution in [0.1, 0.15) is 47.7 Å². The molecule has 1 saturated heterocycles. The Morgan fingerprint density at radius 1 is 0.969 bits per heavy atom. The average Bonchev–Trinajstić information content (AvgIpc) is 3.05. The SMILES string of the molecule is CCCCOc1ccc(C(=O)NCC(=O)N2CCCN(Cc3ccc(C)cc3)CC2)cc1. The maximum Gasteiger partial charge on any atom is 0.251 e. The van der Waals surface area contributed by atoms with E-state index < -0.39 is 0 Å². The molecule has 1 fully saturated rings. The van der Waals surface area contributed by atoms with Gasteiger partial charge in [0.05, 0.1) is 13.2 Å². The van der Waals surface area contributed by atoms with Crippen molar-refractivity contribution in [1.29, 1.82) is 0 Å². The summed E-state index contributed by atoms with van der Waals surface area (Å²) in [6, 6.07) is 15.7. The number of carbonyl (C=O) groups excluding carboxylic acids is 2. The van der Waals surface area contributed by atoms with Crippen molar-refractivity contribution >= 4 is 11.8 Å². The monoisotopic (exact) mass is 437 g/mol. The first-order chi connectivity index (χ1) is 15.5. The van der Waals surface area contributed by atoms with Gasteiger partial charge in [0.25, 0.3) is 5.91 Å². The molecule has 1 aliphatic heterocycles. The summed E-state index contributed by atoms with van der Waals surface area (Å²) in [4.78, 5) is 29.3. The first-order valence-corrected chi connectivity index (χ1v) is 11.6. The largest absolute Gasteiger partial charge is 0.494 e. The first kappa shape index (κ1) is 23.8. The Hall–Kier alpha value is -2.86. The van der Waals surface area contributed by atoms with Gasteiger partial charge in [0.1, 0.15) is 5.75 Å². The van der Waals surface area contributed by atoms with Gasteiger partial charge in [-0.15, -0.1) is 0 Å². The van der Waals surface area contributed by atoms with Gasteiger partial charge in [-0.25, -0.2) is 0 Å². The van der Waals surface area contributed by atoms with Crippen LogP contribution in [0.15, 0.2) is 48.5 Å². The molecule has 32 heavy (non-hydrogen) atoms. The van der Waals surface area contributed by atoms with Gasteiger partial charge in [-0.3, -0.25) is 14.5 Å². The Kier molecular flexibility index (Phi) is 9.11. The fourth-order valence-electron chi connectivity index (χ4n) is 3.74. The summed E-state index contributed by atoms with van der Waals surface area (Å²) in [6.45, 7) is 9.02. The molecule has 0 atom stereocenters. The topological polar surface area (TPSA) is 61.9 Å². The van der Waals surface area contributed by atoms with Crippen molar-refractivity contribution in [2.75, 3.05) is 39.3 Å². The summed E-state index contributed by atoms with van der Waals surface area (Å²) in [5.74, 6) is 0.482. The summed E-state index contributed by atoms with van der Waals surface area (Å²) in [7, 11) is 0. The van der Waals surface area contributed by atoms with Crippen molar-refractivity contribution in [1.82, 2.24) is 15.1 Å². The quantitative estimate of drug-likeness (QED) is 0.609. The Balaban J connectivity index is 1.42. The van der Waals surface area contributed by atoms with E-state index >= 15 is 0 Å². The van der Waals surface area contributed by atoms with Crippen LogP contribution in [0.2, 0.25) is 0 Å². The van der Waals surface area contributed by atoms with E-state index in [1.807, 2.05) is 4.90 Å². The molecular weight excluding hydrogens is 402 g/mol. The second-order valence-electron chi connectivity index (χ2n) is 8.41. The van der Waals surface area contributed by atoms with E-state index in [-0.39, 0.29) is 18.4 Å². The van der Waals surface area contributed by atoms with Crippen LogP contribution in [0.4, 0.5) is 0 Å². The van der Waals surface area contributed by atoms with Crippen LogP contribution in [0.3, 0.4) is 0 Å². The fourth-order valence-corrected chi connectivity index (χ4v) is 3.74. The summed E-state index contributed by atoms with van der Waals surface area (Å²) in [5.41, 5.74) is 3.09. The van der Waals surface area contributed by atoms with Crippen LogP contribution in [-0.4, -0.2) is 60.9 Å². The fraction of sp³-hybridized carbons (Fsp3) is 0.462. The Labute approximate surface area is 191 Å². The molecule has 0 bridgehead atoms. The third-order valence-electron chi connectivity index (χ3n) is 5.75. The van der Waals surface area contributed by atoms with E-state index in [1.54, 1.807) is 24.3 Å². The molecule has 1 N–H and O–H groups in total. The van der Waals surface area contributed by atoms with E-state index in [4.69, 9.17) is 4.74 Å². The molecular formula is C26H35N3O3. The number of aryl methyl sites for hydroxylation is 1. The summed E-state index contributed by atoms with van der Waals surface area (Å²) in [6.07, 6.45) is 3.02. The van der Waals surface area contributed by atoms with Crippen molar-refractivity contribution in [2.24, 2.45) is 0 Å². The van der Waals surface area contributed by atoms with Gasteiger partial charge >= 0.3 is 0 Å². The highest BCUT2D eigenvalue weighted by Gasteiger charge is 2.20. The normalized spacial score (nSPS) is 14.6. The van der Waals surface area contributed by atoms with Gasteiger partial charge in [0.15, 0.2) is 0 Å². The predicted molar refractivity (Wildman–Crippen MR) is 127 cm³/mol. The molecule has 0 aromatic heterocycles. The highest BCUT2D eigenvalue weighted by atomic mass is 16.5. The van der Waals surface area contributed by atoms with Crippen molar-refractivity contribution < 1.29 is 14.3 Å². The van der Waals surface area contributed by atoms with E-state index in [2.05, 4.69) is 48.3 Å². The number of rotatable bonds is 9. The number of benzene rings is 2. The summed E-state index contributed by atoms with van der Waals surface area (Å²) in [5, 5.41) is 2.76. The standard InChI is InChI=1S/C26H35N3O3/c1-3-4-18-32-24-12-10-23(11-13-24)26(31)27-19-25(30)29-15-5-14-28(16-17-29)20-22-8-6-21(2)7-9-22/h6-13H,3-5,14-20H2,1-2H3,(H,27,31). The van der Waals surface area contributed by atoms with E-state index in [0.717, 1.165) is 51.2 Å². The molecule has 0 spiro atoms. The maximum atomic E-state index is 12.7. The molecule has 2 aromatic rings. The molecule has 6 nitrogen and oxygen atoms in total. The van der Waals surface area contributed by atoms with Gasteiger partial charge < -0.3 is 15.0 Å². The lowest BCUT2D eigenvalue weighted by Crippen LogP contribution is -2.42. The number of unbranched alkanes of at least 4 members (excludes halogenated alkanes) is 1. The maximum absolute atomic E-state index is 12.7. The summed E-state index contributed by atoms with van der Waals surface area (Å²) >= 11 is 0. The summed E-state index contributed by atoms with van der Waals surface area (Å²) < 4.78 is 5.63. The second kappa shape index (κ2) is 12.2. The molecule has 2 amide bonds. The number of hydrogen-bond donors (Lipinski definition) is 1. The number of ether oxygens (including phenoxy) is 1. The zero-order valence-corrected chi connectivity index (χ0v) is 19.3. The van der Waals surface area contributed by atoms with E-state index in [1.165, 1.54) is 11.1 Å². The molecule has 1 heterocycles. The van der Waals surface area contributed by atoms with Gasteiger partial charge in [0.2, 0.25) is 5.91 Å². The second-order valence-corrected chi connectivity index (χ2v) is 8.41. The van der Waals surface area contributed by atoms with Crippen LogP contribution in [0.25, 0.3) is 0 Å². The minimum absolute atomic E-state index is 0.0194. The minimum Gasteiger partial charge on any atom is -0.494 e. The average molecular weight is 438 g/mol. The molecule has 0 saturated carbocycles. The Morgan fingerprint density at radius 3 is 2.44 bits per heavy atom. The molecule has 0 unspecified atom stereocenters. The van der Waals surface area contributed by atoms with Crippen molar-refractivity contribution in [3.8, 4) is 5.75 Å². The van der Waals surface area contributed by atoms with Crippen LogP contribution >= 0.6 is 0 Å². The molecule has 1 aliphatic rings. The highest BCUT2D eigenvalue weighted by Crippen LogP contribution is 2.13. The smallest absolute Gasteiger partial charge is 0.251 e. The van der Waals surface area contributed by atoms with Crippen molar-refractivity contribution in [2.45, 2.75) is 39.7 Å². The molecule has 6 heteroatoms. The molecule has 172 valence electrons. The van der Waals surface area contributed by atoms with Gasteiger partial charge in [-0.1, -0.05) is 43.2 Å². The van der Waals surface area contributed by atoms with Crippen LogP contribution in [-0.2, 0) is 11.3 Å². The number of hydrogen-bond acceptors (Lipinski definition) is 4. The van der Waals surface area contributed by atoms with Crippen molar-refractivity contribution in [3.63, 3.8) is 0 Å². The highest BCUT2D eigenvalue weighted by molar-refractivity contribution is 5.96. The lowest BCUT2D eigenvalue weighted by Gasteiger charge is -2.22. The lowest BCUT2D eigenvalue weighted by atomic mass is 10.1. The minimum atomic E-state index is -0.241. The van der Waals surface area contributed by atoms with Gasteiger partial charge in [-0.2, -0.15) is 0 Å². The predicted octanol–water partition coefficient (Wildman–Crippen LogP) is 3.64. The molecule has 0 aliphatic carbocycles. The van der Waals surface area contributed by atoms with Crippen LogP contribution in [0.5, 0.6) is 5.75 Å². The molecule has 2 aromatic carbocycles. The lowest BCUT2D eigenvalue weighted by molar-refractivity contribution is -0.130. The van der Waals surface area contributed by atoms with Gasteiger partial charge in [0, 0.05) is 38.3 Å². The number of nitrogens with one attached hydrogen (secondary N) is 1. The Bertz CT molecular complexity index is 865. The number of amides is 2. The third-order valence-corrected chi connectivity index (χ3v) is 5.75. The zero-order chi connectivity index (χ0) is 22.8. The zero-order valence-electron chi connectivity index (χ0n) is 19.3. The number of nitrogens with zero attached hydrogens (tertiary/aromatic N) is 2. The third kappa shape index (κ3) is 7.38. The molecule has 0 radical (unpaired) electrons. The first-order valence-electron chi connectivity index (χ1n) is 11.6. The van der Waals surface area contributed by atoms with Crippen molar-refractivity contribution in [3.05, 3.63) is 65.2 Å². The molecule has 3 rings (SSSR count). The van der Waals surface area contributed by atoms with E-state index in [9.17, 15) is 9.59 Å². The Morgan fingerprint density at radius 2 is 1.72 bits per heavy atom. The van der Waals surface area contributed by atoms with Crippen LogP contribution in [0, 0.1) is 6.92 Å². The van der Waals surface area contributed by atoms with Gasteiger partial charge in [-0.05, 0) is 49.6 Å². The van der Waals surface area contributed by atoms with Crippen LogP contribution < -0.4 is 10.1 Å². The van der Waals surface area contributed by atoms with E-state index in [0.29, 0.717) is 18.7 Å². The number of carbonyl (C=O) groups is 2.